The standard InChI is InChI=1S/C19H26O3/c1-4-5-7-18(3)14(6-8-20)10-15(21)19-11-13(16(18)19)9-12(2)17(19)22/h9,14,16,20H,2,4-8,10-11H2,1,3H3/t14?,16?,18-,19+/m1/s1. The van der Waals surface area contributed by atoms with Gasteiger partial charge < -0.3 is 5.11 Å². The van der Waals surface area contributed by atoms with E-state index in [1.807, 2.05) is 6.08 Å². The Bertz CT molecular complexity index is 573. The molecule has 0 saturated heterocycles. The molecule has 22 heavy (non-hydrogen) atoms. The summed E-state index contributed by atoms with van der Waals surface area (Å²) in [5.74, 6) is 0.274. The first-order chi connectivity index (χ1) is 10.4. The number of ketones is 2. The van der Waals surface area contributed by atoms with Crippen molar-refractivity contribution in [2.24, 2.45) is 22.7 Å². The molecule has 2 unspecified atom stereocenters. The molecule has 1 N–H and O–H groups in total. The molecule has 0 heterocycles. The SMILES string of the molecule is C=C1C=C2C[C@@]3(C(=O)CC(CCO)[C@@](C)(CCCC)C23)C1=O. The van der Waals surface area contributed by atoms with Crippen molar-refractivity contribution in [1.29, 1.82) is 0 Å². The van der Waals surface area contributed by atoms with Crippen molar-refractivity contribution < 1.29 is 14.7 Å². The predicted molar refractivity (Wildman–Crippen MR) is 85.2 cm³/mol. The van der Waals surface area contributed by atoms with E-state index >= 15 is 0 Å². The van der Waals surface area contributed by atoms with Gasteiger partial charge in [0.05, 0.1) is 0 Å². The molecule has 0 aliphatic heterocycles. The molecule has 120 valence electrons. The summed E-state index contributed by atoms with van der Waals surface area (Å²) in [6, 6.07) is 0. The van der Waals surface area contributed by atoms with Crippen LogP contribution in [-0.4, -0.2) is 23.3 Å². The number of carbonyl (C=O) groups is 2. The van der Waals surface area contributed by atoms with Gasteiger partial charge in [0.1, 0.15) is 11.2 Å². The highest BCUT2D eigenvalue weighted by molar-refractivity contribution is 6.19. The molecule has 2 saturated carbocycles. The molecule has 4 atom stereocenters. The quantitative estimate of drug-likeness (QED) is 0.626. The lowest BCUT2D eigenvalue weighted by Gasteiger charge is -2.64. The van der Waals surface area contributed by atoms with Crippen molar-refractivity contribution in [3.05, 3.63) is 23.8 Å². The zero-order valence-electron chi connectivity index (χ0n) is 13.7. The third-order valence-electron chi connectivity index (χ3n) is 6.47. The molecule has 0 aromatic rings. The Labute approximate surface area is 132 Å². The maximum absolute atomic E-state index is 12.8. The molecule has 3 heteroatoms. The summed E-state index contributed by atoms with van der Waals surface area (Å²) in [4.78, 5) is 25.6. The van der Waals surface area contributed by atoms with Crippen LogP contribution in [0, 0.1) is 22.7 Å². The van der Waals surface area contributed by atoms with Gasteiger partial charge in [-0.15, -0.1) is 0 Å². The third kappa shape index (κ3) is 1.78. The highest BCUT2D eigenvalue weighted by Crippen LogP contribution is 2.69. The smallest absolute Gasteiger partial charge is 0.176 e. The number of aliphatic hydroxyl groups is 1. The molecule has 0 amide bonds. The summed E-state index contributed by atoms with van der Waals surface area (Å²) in [5, 5.41) is 9.42. The number of rotatable bonds is 5. The molecule has 1 spiro atoms. The van der Waals surface area contributed by atoms with Crippen molar-refractivity contribution in [3.63, 3.8) is 0 Å². The Morgan fingerprint density at radius 1 is 1.41 bits per heavy atom. The second kappa shape index (κ2) is 5.16. The molecule has 0 aromatic heterocycles. The number of aliphatic hydroxyl groups excluding tert-OH is 1. The van der Waals surface area contributed by atoms with Gasteiger partial charge in [-0.3, -0.25) is 9.59 Å². The molecule has 3 nitrogen and oxygen atoms in total. The second-order valence-corrected chi connectivity index (χ2v) is 7.60. The number of Topliss-reactive ketones (excluding diaryl/α,β-unsaturated/α-hetero) is 2. The maximum atomic E-state index is 12.8. The van der Waals surface area contributed by atoms with Crippen LogP contribution < -0.4 is 0 Å². The highest BCUT2D eigenvalue weighted by Gasteiger charge is 2.70. The average molecular weight is 302 g/mol. The molecule has 4 aliphatic carbocycles. The summed E-state index contributed by atoms with van der Waals surface area (Å²) in [5.41, 5.74) is 0.867. The first-order valence-electron chi connectivity index (χ1n) is 8.50. The monoisotopic (exact) mass is 302 g/mol. The maximum Gasteiger partial charge on any atom is 0.176 e. The normalized spacial score (nSPS) is 40.1. The predicted octanol–water partition coefficient (Wildman–Crippen LogP) is 3.23. The van der Waals surface area contributed by atoms with Crippen molar-refractivity contribution in [2.75, 3.05) is 6.61 Å². The first-order valence-corrected chi connectivity index (χ1v) is 8.50. The van der Waals surface area contributed by atoms with E-state index in [9.17, 15) is 14.7 Å². The Morgan fingerprint density at radius 3 is 2.77 bits per heavy atom. The number of carbonyl (C=O) groups excluding carboxylic acids is 2. The molecular weight excluding hydrogens is 276 g/mol. The van der Waals surface area contributed by atoms with Gasteiger partial charge in [0.25, 0.3) is 0 Å². The lowest BCUT2D eigenvalue weighted by Crippen LogP contribution is -2.66. The topological polar surface area (TPSA) is 54.4 Å². The number of hydrogen-bond donors (Lipinski definition) is 1. The zero-order chi connectivity index (χ0) is 16.1. The van der Waals surface area contributed by atoms with Crippen LogP contribution in [0.3, 0.4) is 0 Å². The van der Waals surface area contributed by atoms with E-state index in [0.717, 1.165) is 19.3 Å². The Kier molecular flexibility index (Phi) is 3.67. The van der Waals surface area contributed by atoms with Crippen LogP contribution in [0.2, 0.25) is 0 Å². The Morgan fingerprint density at radius 2 is 2.14 bits per heavy atom. The molecule has 4 rings (SSSR count). The lowest BCUT2D eigenvalue weighted by atomic mass is 9.36. The second-order valence-electron chi connectivity index (χ2n) is 7.60. The van der Waals surface area contributed by atoms with Crippen molar-refractivity contribution >= 4 is 11.6 Å². The van der Waals surface area contributed by atoms with Crippen LogP contribution in [0.1, 0.15) is 52.4 Å². The highest BCUT2D eigenvalue weighted by atomic mass is 16.3. The van der Waals surface area contributed by atoms with Crippen molar-refractivity contribution in [2.45, 2.75) is 52.4 Å². The van der Waals surface area contributed by atoms with Crippen LogP contribution in [-0.2, 0) is 9.59 Å². The van der Waals surface area contributed by atoms with E-state index in [0.29, 0.717) is 24.8 Å². The molecule has 4 aliphatic rings. The van der Waals surface area contributed by atoms with E-state index in [4.69, 9.17) is 0 Å². The number of hydrogen-bond acceptors (Lipinski definition) is 3. The van der Waals surface area contributed by atoms with Crippen LogP contribution >= 0.6 is 0 Å². The van der Waals surface area contributed by atoms with Crippen molar-refractivity contribution in [1.82, 2.24) is 0 Å². The van der Waals surface area contributed by atoms with E-state index in [1.54, 1.807) is 0 Å². The van der Waals surface area contributed by atoms with Gasteiger partial charge >= 0.3 is 0 Å². The fourth-order valence-corrected chi connectivity index (χ4v) is 5.37. The van der Waals surface area contributed by atoms with Gasteiger partial charge in [0.15, 0.2) is 5.78 Å². The van der Waals surface area contributed by atoms with Gasteiger partial charge in [0.2, 0.25) is 0 Å². The largest absolute Gasteiger partial charge is 0.396 e. The summed E-state index contributed by atoms with van der Waals surface area (Å²) in [7, 11) is 0. The zero-order valence-corrected chi connectivity index (χ0v) is 13.7. The summed E-state index contributed by atoms with van der Waals surface area (Å²) < 4.78 is 0. The van der Waals surface area contributed by atoms with E-state index in [-0.39, 0.29) is 35.4 Å². The molecular formula is C19H26O3. The molecule has 2 fully saturated rings. The van der Waals surface area contributed by atoms with E-state index < -0.39 is 5.41 Å². The number of fused-ring (bicyclic) bond motifs is 2. The Hall–Kier alpha value is -1.22. The van der Waals surface area contributed by atoms with Crippen molar-refractivity contribution in [3.8, 4) is 0 Å². The first kappa shape index (κ1) is 15.7. The van der Waals surface area contributed by atoms with Gasteiger partial charge in [-0.1, -0.05) is 44.9 Å². The summed E-state index contributed by atoms with van der Waals surface area (Å²) >= 11 is 0. The lowest BCUT2D eigenvalue weighted by molar-refractivity contribution is -0.167. The summed E-state index contributed by atoms with van der Waals surface area (Å²) in [6.45, 7) is 8.36. The van der Waals surface area contributed by atoms with Gasteiger partial charge in [-0.2, -0.15) is 0 Å². The van der Waals surface area contributed by atoms with E-state index in [2.05, 4.69) is 20.4 Å². The van der Waals surface area contributed by atoms with E-state index in [1.165, 1.54) is 5.57 Å². The minimum atomic E-state index is -0.810. The van der Waals surface area contributed by atoms with Gasteiger partial charge in [0, 0.05) is 24.5 Å². The van der Waals surface area contributed by atoms with Gasteiger partial charge in [-0.05, 0) is 30.6 Å². The fourth-order valence-electron chi connectivity index (χ4n) is 5.37. The van der Waals surface area contributed by atoms with Crippen LogP contribution in [0.4, 0.5) is 0 Å². The number of unbranched alkanes of at least 4 members (excludes halogenated alkanes) is 1. The summed E-state index contributed by atoms with van der Waals surface area (Å²) in [6.07, 6.45) is 6.85. The average Bonchev–Trinajstić information content (AvgIpc) is 2.45. The minimum Gasteiger partial charge on any atom is -0.396 e. The third-order valence-corrected chi connectivity index (χ3v) is 6.47. The molecule has 0 radical (unpaired) electrons. The molecule has 2 bridgehead atoms. The van der Waals surface area contributed by atoms with Crippen LogP contribution in [0.25, 0.3) is 0 Å². The van der Waals surface area contributed by atoms with Crippen LogP contribution in [0.15, 0.2) is 23.8 Å². The minimum absolute atomic E-state index is 0.0392. The van der Waals surface area contributed by atoms with Gasteiger partial charge in [-0.25, -0.2) is 0 Å². The Balaban J connectivity index is 2.06. The fraction of sp³-hybridized carbons (Fsp3) is 0.684. The number of allylic oxidation sites excluding steroid dienone is 3. The van der Waals surface area contributed by atoms with Crippen LogP contribution in [0.5, 0.6) is 0 Å². The molecule has 0 aromatic carbocycles.